The van der Waals surface area contributed by atoms with Crippen LogP contribution >= 0.6 is 0 Å². The third-order valence-electron chi connectivity index (χ3n) is 5.96. The number of hydrogen-bond donors (Lipinski definition) is 0. The molecular weight excluding hydrogens is 328 g/mol. The van der Waals surface area contributed by atoms with Crippen LogP contribution in [0.3, 0.4) is 0 Å². The van der Waals surface area contributed by atoms with Crippen LogP contribution in [-0.2, 0) is 20.9 Å². The smallest absolute Gasteiger partial charge is 0.249 e. The lowest BCUT2D eigenvalue weighted by Crippen LogP contribution is -2.58. The molecule has 5 nitrogen and oxygen atoms in total. The second kappa shape index (κ2) is 7.89. The van der Waals surface area contributed by atoms with Gasteiger partial charge in [-0.1, -0.05) is 12.1 Å². The van der Waals surface area contributed by atoms with Crippen LogP contribution in [0.1, 0.15) is 44.2 Å². The third-order valence-corrected chi connectivity index (χ3v) is 5.96. The van der Waals surface area contributed by atoms with Crippen LogP contribution in [0.4, 0.5) is 0 Å². The molecule has 1 amide bonds. The van der Waals surface area contributed by atoms with Crippen molar-refractivity contribution in [2.75, 3.05) is 26.3 Å². The molecule has 0 aromatic carbocycles. The number of allylic oxidation sites excluding steroid dienone is 1. The van der Waals surface area contributed by atoms with Crippen molar-refractivity contribution in [3.8, 4) is 0 Å². The number of hydrogen-bond acceptors (Lipinski definition) is 4. The first-order chi connectivity index (χ1) is 12.8. The van der Waals surface area contributed by atoms with Gasteiger partial charge in [-0.3, -0.25) is 9.78 Å². The maximum Gasteiger partial charge on any atom is 0.249 e. The van der Waals surface area contributed by atoms with E-state index in [-0.39, 0.29) is 17.4 Å². The number of carbonyl (C=O) groups is 1. The zero-order chi connectivity index (χ0) is 17.8. The van der Waals surface area contributed by atoms with E-state index < -0.39 is 0 Å². The van der Waals surface area contributed by atoms with Gasteiger partial charge in [-0.2, -0.15) is 0 Å². The molecule has 1 aromatic rings. The Morgan fingerprint density at radius 2 is 2.35 bits per heavy atom. The van der Waals surface area contributed by atoms with E-state index in [0.717, 1.165) is 69.5 Å². The number of nitrogens with zero attached hydrogens (tertiary/aromatic N) is 2. The van der Waals surface area contributed by atoms with E-state index in [1.165, 1.54) is 0 Å². The Balaban J connectivity index is 1.43. The van der Waals surface area contributed by atoms with Crippen LogP contribution < -0.4 is 0 Å². The molecule has 0 N–H and O–H groups in total. The minimum atomic E-state index is -0.0832. The fourth-order valence-electron chi connectivity index (χ4n) is 4.58. The summed E-state index contributed by atoms with van der Waals surface area (Å²) in [6.45, 7) is 3.50. The van der Waals surface area contributed by atoms with Gasteiger partial charge in [-0.25, -0.2) is 0 Å². The van der Waals surface area contributed by atoms with E-state index in [1.54, 1.807) is 6.20 Å². The van der Waals surface area contributed by atoms with Crippen molar-refractivity contribution in [2.24, 2.45) is 5.41 Å². The van der Waals surface area contributed by atoms with Gasteiger partial charge in [0.2, 0.25) is 5.91 Å². The summed E-state index contributed by atoms with van der Waals surface area (Å²) in [7, 11) is 0. The molecule has 0 unspecified atom stereocenters. The van der Waals surface area contributed by atoms with Crippen molar-refractivity contribution in [3.05, 3.63) is 41.7 Å². The Bertz CT molecular complexity index is 660. The Morgan fingerprint density at radius 1 is 1.38 bits per heavy atom. The molecule has 3 heterocycles. The number of likely N-dealkylation sites (tertiary alicyclic amines) is 1. The number of rotatable bonds is 5. The molecule has 1 aliphatic carbocycles. The van der Waals surface area contributed by atoms with Gasteiger partial charge in [0.05, 0.1) is 25.0 Å². The fraction of sp³-hybridized carbons (Fsp3) is 0.619. The largest absolute Gasteiger partial charge is 0.377 e. The zero-order valence-corrected chi connectivity index (χ0v) is 15.4. The highest BCUT2D eigenvalue weighted by molar-refractivity contribution is 5.93. The molecule has 0 saturated carbocycles. The van der Waals surface area contributed by atoms with Gasteiger partial charge in [0, 0.05) is 36.9 Å². The summed E-state index contributed by atoms with van der Waals surface area (Å²) in [4.78, 5) is 19.3. The van der Waals surface area contributed by atoms with Crippen LogP contribution in [0.2, 0.25) is 0 Å². The van der Waals surface area contributed by atoms with E-state index in [1.807, 2.05) is 23.1 Å². The predicted molar refractivity (Wildman–Crippen MR) is 98.4 cm³/mol. The van der Waals surface area contributed by atoms with Crippen LogP contribution in [0, 0.1) is 5.41 Å². The second-order valence-corrected chi connectivity index (χ2v) is 7.78. The summed E-state index contributed by atoms with van der Waals surface area (Å²) < 4.78 is 12.2. The number of amides is 1. The molecule has 4 rings (SSSR count). The lowest BCUT2D eigenvalue weighted by atomic mass is 9.73. The van der Waals surface area contributed by atoms with E-state index in [2.05, 4.69) is 11.1 Å². The topological polar surface area (TPSA) is 51.7 Å². The predicted octanol–water partition coefficient (Wildman–Crippen LogP) is 3.11. The fourth-order valence-corrected chi connectivity index (χ4v) is 4.58. The van der Waals surface area contributed by atoms with Crippen LogP contribution in [0.5, 0.6) is 0 Å². The minimum Gasteiger partial charge on any atom is -0.377 e. The van der Waals surface area contributed by atoms with Crippen LogP contribution in [0.25, 0.3) is 0 Å². The molecule has 2 aliphatic heterocycles. The van der Waals surface area contributed by atoms with Gasteiger partial charge < -0.3 is 14.4 Å². The van der Waals surface area contributed by atoms with Crippen molar-refractivity contribution in [3.63, 3.8) is 0 Å². The maximum absolute atomic E-state index is 12.9. The number of carbonyl (C=O) groups excluding carboxylic acids is 1. The van der Waals surface area contributed by atoms with Crippen molar-refractivity contribution in [1.29, 1.82) is 0 Å². The Hall–Kier alpha value is -1.72. The van der Waals surface area contributed by atoms with Crippen molar-refractivity contribution in [1.82, 2.24) is 9.88 Å². The molecule has 2 atom stereocenters. The highest BCUT2D eigenvalue weighted by Crippen LogP contribution is 2.41. The normalized spacial score (nSPS) is 28.5. The van der Waals surface area contributed by atoms with Gasteiger partial charge in [-0.15, -0.1) is 0 Å². The summed E-state index contributed by atoms with van der Waals surface area (Å²) in [6, 6.07) is 5.87. The standard InChI is InChI=1S/C21H28N2O3/c24-20(17-6-1-2-7-17)23-12-9-19-21(15-23,10-5-13-26-19)16-25-14-18-8-3-4-11-22-18/h3-4,6,8,11,19H,1-2,5,7,9-10,12-16H2/t19-,21-/m0/s1. The molecule has 5 heteroatoms. The molecule has 0 radical (unpaired) electrons. The average Bonchev–Trinajstić information content (AvgIpc) is 3.22. The van der Waals surface area contributed by atoms with Crippen LogP contribution in [-0.4, -0.2) is 48.2 Å². The average molecular weight is 356 g/mol. The van der Waals surface area contributed by atoms with E-state index in [0.29, 0.717) is 13.2 Å². The summed E-state index contributed by atoms with van der Waals surface area (Å²) in [6.07, 6.45) is 10.2. The molecule has 0 spiro atoms. The zero-order valence-electron chi connectivity index (χ0n) is 15.4. The first kappa shape index (κ1) is 17.7. The first-order valence-corrected chi connectivity index (χ1v) is 9.84. The Labute approximate surface area is 155 Å². The molecule has 2 fully saturated rings. The van der Waals surface area contributed by atoms with Gasteiger partial charge in [-0.05, 0) is 50.7 Å². The first-order valence-electron chi connectivity index (χ1n) is 9.84. The summed E-state index contributed by atoms with van der Waals surface area (Å²) >= 11 is 0. The number of piperidine rings is 1. The highest BCUT2D eigenvalue weighted by atomic mass is 16.5. The quantitative estimate of drug-likeness (QED) is 0.813. The van der Waals surface area contributed by atoms with Crippen molar-refractivity contribution in [2.45, 2.75) is 51.2 Å². The Kier molecular flexibility index (Phi) is 5.36. The van der Waals surface area contributed by atoms with Crippen LogP contribution in [0.15, 0.2) is 36.0 Å². The van der Waals surface area contributed by atoms with Gasteiger partial charge in [0.25, 0.3) is 0 Å². The van der Waals surface area contributed by atoms with Crippen molar-refractivity contribution >= 4 is 5.91 Å². The second-order valence-electron chi connectivity index (χ2n) is 7.78. The minimum absolute atomic E-state index is 0.0832. The number of ether oxygens (including phenoxy) is 2. The van der Waals surface area contributed by atoms with Crippen molar-refractivity contribution < 1.29 is 14.3 Å². The molecule has 3 aliphatic rings. The SMILES string of the molecule is O=C(C1=CCCC1)N1CC[C@@H]2OCCC[C@@]2(COCc2ccccn2)C1. The number of fused-ring (bicyclic) bond motifs is 1. The summed E-state index contributed by atoms with van der Waals surface area (Å²) in [5, 5.41) is 0. The maximum atomic E-state index is 12.9. The summed E-state index contributed by atoms with van der Waals surface area (Å²) in [5.74, 6) is 0.232. The Morgan fingerprint density at radius 3 is 3.15 bits per heavy atom. The van der Waals surface area contributed by atoms with E-state index in [9.17, 15) is 4.79 Å². The molecule has 26 heavy (non-hydrogen) atoms. The molecule has 2 saturated heterocycles. The lowest BCUT2D eigenvalue weighted by molar-refractivity contribution is -0.164. The summed E-state index contributed by atoms with van der Waals surface area (Å²) in [5.41, 5.74) is 1.86. The number of pyridine rings is 1. The van der Waals surface area contributed by atoms with Gasteiger partial charge >= 0.3 is 0 Å². The highest BCUT2D eigenvalue weighted by Gasteiger charge is 2.47. The third kappa shape index (κ3) is 3.69. The monoisotopic (exact) mass is 356 g/mol. The van der Waals surface area contributed by atoms with Gasteiger partial charge in [0.15, 0.2) is 0 Å². The van der Waals surface area contributed by atoms with E-state index >= 15 is 0 Å². The molecule has 0 bridgehead atoms. The van der Waals surface area contributed by atoms with Gasteiger partial charge in [0.1, 0.15) is 0 Å². The van der Waals surface area contributed by atoms with E-state index in [4.69, 9.17) is 9.47 Å². The molecule has 140 valence electrons. The molecular formula is C21H28N2O3. The molecule has 1 aromatic heterocycles. The lowest BCUT2D eigenvalue weighted by Gasteiger charge is -2.50. The number of aromatic nitrogens is 1.